The van der Waals surface area contributed by atoms with Crippen LogP contribution >= 0.6 is 0 Å². The Morgan fingerprint density at radius 3 is 2.00 bits per heavy atom. The first-order valence-corrected chi connectivity index (χ1v) is 5.23. The summed E-state index contributed by atoms with van der Waals surface area (Å²) in [4.78, 5) is 0. The molecule has 0 saturated heterocycles. The molecule has 0 aliphatic rings. The van der Waals surface area contributed by atoms with Crippen molar-refractivity contribution in [2.45, 2.75) is 25.9 Å². The van der Waals surface area contributed by atoms with E-state index in [1.165, 1.54) is 12.1 Å². The molecule has 0 aliphatic heterocycles. The van der Waals surface area contributed by atoms with Gasteiger partial charge in [0.1, 0.15) is 0 Å². The van der Waals surface area contributed by atoms with Crippen molar-refractivity contribution in [2.24, 2.45) is 11.7 Å². The van der Waals surface area contributed by atoms with Crippen molar-refractivity contribution in [2.75, 3.05) is 6.54 Å². The maximum absolute atomic E-state index is 12.3. The summed E-state index contributed by atoms with van der Waals surface area (Å²) in [7, 11) is 0. The lowest BCUT2D eigenvalue weighted by Gasteiger charge is -2.19. The molecule has 4 heteroatoms. The highest BCUT2D eigenvalue weighted by Crippen LogP contribution is 2.31. The molecule has 1 nitrogen and oxygen atoms in total. The van der Waals surface area contributed by atoms with E-state index in [2.05, 4.69) is 0 Å². The van der Waals surface area contributed by atoms with E-state index in [9.17, 15) is 13.2 Å². The first kappa shape index (κ1) is 13.0. The second kappa shape index (κ2) is 4.87. The van der Waals surface area contributed by atoms with Crippen molar-refractivity contribution in [1.82, 2.24) is 0 Å². The van der Waals surface area contributed by atoms with Crippen LogP contribution in [-0.2, 0) is 6.18 Å². The standard InChI is InChI=1S/C12H16F3N/c1-8(7-16)9(2)10-3-5-11(6-4-10)12(13,14)15/h3-6,8-9H,7,16H2,1-2H3. The van der Waals surface area contributed by atoms with E-state index in [1.807, 2.05) is 13.8 Å². The first-order chi connectivity index (χ1) is 7.36. The third kappa shape index (κ3) is 2.98. The Bertz CT molecular complexity index is 329. The largest absolute Gasteiger partial charge is 0.416 e. The summed E-state index contributed by atoms with van der Waals surface area (Å²) in [5.41, 5.74) is 5.82. The van der Waals surface area contributed by atoms with E-state index in [0.717, 1.165) is 17.7 Å². The molecule has 0 heterocycles. The van der Waals surface area contributed by atoms with E-state index >= 15 is 0 Å². The van der Waals surface area contributed by atoms with Gasteiger partial charge in [-0.1, -0.05) is 26.0 Å². The Kier molecular flexibility index (Phi) is 3.97. The number of benzene rings is 1. The minimum atomic E-state index is -4.26. The number of nitrogens with two attached hydrogens (primary N) is 1. The van der Waals surface area contributed by atoms with Crippen molar-refractivity contribution >= 4 is 0 Å². The van der Waals surface area contributed by atoms with Gasteiger partial charge >= 0.3 is 6.18 Å². The number of rotatable bonds is 3. The molecule has 0 saturated carbocycles. The lowest BCUT2D eigenvalue weighted by atomic mass is 9.88. The quantitative estimate of drug-likeness (QED) is 0.847. The van der Waals surface area contributed by atoms with E-state index in [-0.39, 0.29) is 11.8 Å². The van der Waals surface area contributed by atoms with Crippen molar-refractivity contribution in [3.63, 3.8) is 0 Å². The van der Waals surface area contributed by atoms with Crippen LogP contribution in [0.4, 0.5) is 13.2 Å². The van der Waals surface area contributed by atoms with Crippen molar-refractivity contribution in [1.29, 1.82) is 0 Å². The summed E-state index contributed by atoms with van der Waals surface area (Å²) in [6.45, 7) is 4.49. The smallest absolute Gasteiger partial charge is 0.330 e. The zero-order chi connectivity index (χ0) is 12.3. The molecule has 1 aromatic carbocycles. The average Bonchev–Trinajstić information content (AvgIpc) is 2.26. The van der Waals surface area contributed by atoms with Crippen LogP contribution in [0.1, 0.15) is 30.9 Å². The number of alkyl halides is 3. The fraction of sp³-hybridized carbons (Fsp3) is 0.500. The zero-order valence-electron chi connectivity index (χ0n) is 9.38. The Labute approximate surface area is 93.5 Å². The molecule has 0 fully saturated rings. The molecule has 2 unspecified atom stereocenters. The van der Waals surface area contributed by atoms with Gasteiger partial charge in [-0.3, -0.25) is 0 Å². The molecule has 0 spiro atoms. The minimum Gasteiger partial charge on any atom is -0.330 e. The molecular weight excluding hydrogens is 215 g/mol. The maximum atomic E-state index is 12.3. The number of hydrogen-bond donors (Lipinski definition) is 1. The van der Waals surface area contributed by atoms with Gasteiger partial charge in [-0.05, 0) is 36.1 Å². The third-order valence-corrected chi connectivity index (χ3v) is 2.99. The van der Waals surface area contributed by atoms with Gasteiger partial charge in [-0.25, -0.2) is 0 Å². The van der Waals surface area contributed by atoms with Crippen LogP contribution in [0.25, 0.3) is 0 Å². The molecule has 2 atom stereocenters. The molecule has 1 aromatic rings. The predicted molar refractivity (Wildman–Crippen MR) is 58.1 cm³/mol. The minimum absolute atomic E-state index is 0.173. The predicted octanol–water partition coefficient (Wildman–Crippen LogP) is 3.40. The summed E-state index contributed by atoms with van der Waals surface area (Å²) in [5.74, 6) is 0.434. The van der Waals surface area contributed by atoms with Crippen molar-refractivity contribution in [3.8, 4) is 0 Å². The Balaban J connectivity index is 2.87. The molecule has 90 valence electrons. The first-order valence-electron chi connectivity index (χ1n) is 5.23. The Hall–Kier alpha value is -1.03. The molecule has 0 bridgehead atoms. The van der Waals surface area contributed by atoms with Crippen LogP contribution < -0.4 is 5.73 Å². The van der Waals surface area contributed by atoms with Crippen LogP contribution in [0, 0.1) is 5.92 Å². The lowest BCUT2D eigenvalue weighted by Crippen LogP contribution is -2.17. The molecule has 0 aromatic heterocycles. The topological polar surface area (TPSA) is 26.0 Å². The summed E-state index contributed by atoms with van der Waals surface area (Å²) < 4.78 is 37.0. The molecule has 0 amide bonds. The zero-order valence-corrected chi connectivity index (χ0v) is 9.38. The lowest BCUT2D eigenvalue weighted by molar-refractivity contribution is -0.137. The van der Waals surface area contributed by atoms with Gasteiger partial charge in [0, 0.05) is 0 Å². The third-order valence-electron chi connectivity index (χ3n) is 2.99. The average molecular weight is 231 g/mol. The fourth-order valence-corrected chi connectivity index (χ4v) is 1.51. The molecule has 0 aliphatic carbocycles. The molecular formula is C12H16F3N. The maximum Gasteiger partial charge on any atom is 0.416 e. The molecule has 0 radical (unpaired) electrons. The van der Waals surface area contributed by atoms with E-state index in [0.29, 0.717) is 6.54 Å². The van der Waals surface area contributed by atoms with Crippen molar-refractivity contribution < 1.29 is 13.2 Å². The van der Waals surface area contributed by atoms with Gasteiger partial charge in [-0.15, -0.1) is 0 Å². The van der Waals surface area contributed by atoms with Gasteiger partial charge in [0.2, 0.25) is 0 Å². The normalized spacial score (nSPS) is 15.9. The van der Waals surface area contributed by atoms with Crippen LogP contribution in [0.5, 0.6) is 0 Å². The Morgan fingerprint density at radius 1 is 1.12 bits per heavy atom. The van der Waals surface area contributed by atoms with Gasteiger partial charge in [0.05, 0.1) is 5.56 Å². The molecule has 1 rings (SSSR count). The van der Waals surface area contributed by atoms with E-state index < -0.39 is 11.7 Å². The second-order valence-corrected chi connectivity index (χ2v) is 4.12. The monoisotopic (exact) mass is 231 g/mol. The van der Waals surface area contributed by atoms with E-state index in [4.69, 9.17) is 5.73 Å². The molecule has 16 heavy (non-hydrogen) atoms. The fourth-order valence-electron chi connectivity index (χ4n) is 1.51. The highest BCUT2D eigenvalue weighted by atomic mass is 19.4. The Morgan fingerprint density at radius 2 is 1.62 bits per heavy atom. The summed E-state index contributed by atoms with van der Waals surface area (Å²) in [6, 6.07) is 5.30. The number of halogens is 3. The van der Waals surface area contributed by atoms with Crippen LogP contribution in [0.2, 0.25) is 0 Å². The molecule has 2 N–H and O–H groups in total. The van der Waals surface area contributed by atoms with Crippen LogP contribution in [0.15, 0.2) is 24.3 Å². The van der Waals surface area contributed by atoms with Gasteiger partial charge in [0.25, 0.3) is 0 Å². The second-order valence-electron chi connectivity index (χ2n) is 4.12. The summed E-state index contributed by atoms with van der Waals surface area (Å²) in [6.07, 6.45) is -4.26. The van der Waals surface area contributed by atoms with Gasteiger partial charge in [-0.2, -0.15) is 13.2 Å². The summed E-state index contributed by atoms with van der Waals surface area (Å²) >= 11 is 0. The SMILES string of the molecule is CC(CN)C(C)c1ccc(C(F)(F)F)cc1. The highest BCUT2D eigenvalue weighted by Gasteiger charge is 2.30. The van der Waals surface area contributed by atoms with Crippen LogP contribution in [0.3, 0.4) is 0 Å². The highest BCUT2D eigenvalue weighted by molar-refractivity contribution is 5.27. The van der Waals surface area contributed by atoms with Crippen LogP contribution in [-0.4, -0.2) is 6.54 Å². The van der Waals surface area contributed by atoms with Gasteiger partial charge < -0.3 is 5.73 Å². The van der Waals surface area contributed by atoms with E-state index in [1.54, 1.807) is 0 Å². The van der Waals surface area contributed by atoms with Gasteiger partial charge in [0.15, 0.2) is 0 Å². The summed E-state index contributed by atoms with van der Waals surface area (Å²) in [5, 5.41) is 0. The van der Waals surface area contributed by atoms with Crippen molar-refractivity contribution in [3.05, 3.63) is 35.4 Å². The number of hydrogen-bond acceptors (Lipinski definition) is 1.